The maximum absolute atomic E-state index is 12.4. The van der Waals surface area contributed by atoms with Crippen LogP contribution in [0, 0.1) is 0 Å². The van der Waals surface area contributed by atoms with Gasteiger partial charge in [-0.1, -0.05) is 0 Å². The molecule has 0 bridgehead atoms. The first kappa shape index (κ1) is 17.9. The van der Waals surface area contributed by atoms with Crippen molar-refractivity contribution >= 4 is 20.7 Å². The number of hydrogen-bond acceptors (Lipinski definition) is 6. The summed E-state index contributed by atoms with van der Waals surface area (Å²) in [6.45, 7) is 0.537. The molecule has 0 unspecified atom stereocenters. The van der Waals surface area contributed by atoms with E-state index >= 15 is 0 Å². The molecule has 0 radical (unpaired) electrons. The Morgan fingerprint density at radius 2 is 2.16 bits per heavy atom. The highest BCUT2D eigenvalue weighted by atomic mass is 32.2. The maximum Gasteiger partial charge on any atom is 0.252 e. The number of nitrogens with zero attached hydrogens (tertiary/aromatic N) is 1. The number of pyridine rings is 1. The predicted molar refractivity (Wildman–Crippen MR) is 95.7 cm³/mol. The third kappa shape index (κ3) is 4.02. The zero-order valence-electron chi connectivity index (χ0n) is 14.1. The molecule has 0 saturated carbocycles. The summed E-state index contributed by atoms with van der Waals surface area (Å²) in [5, 5.41) is 10.2. The first-order valence-corrected chi connectivity index (χ1v) is 9.99. The summed E-state index contributed by atoms with van der Waals surface area (Å²) >= 11 is 0. The highest BCUT2D eigenvalue weighted by Crippen LogP contribution is 2.22. The molecule has 7 nitrogen and oxygen atoms in total. The van der Waals surface area contributed by atoms with Gasteiger partial charge in [0, 0.05) is 35.6 Å². The lowest BCUT2D eigenvalue weighted by Crippen LogP contribution is -2.39. The van der Waals surface area contributed by atoms with Crippen molar-refractivity contribution in [1.29, 1.82) is 0 Å². The number of aliphatic hydroxyl groups excluding tert-OH is 1. The van der Waals surface area contributed by atoms with Crippen molar-refractivity contribution in [2.24, 2.45) is 0 Å². The zero-order valence-corrected chi connectivity index (χ0v) is 14.9. The van der Waals surface area contributed by atoms with E-state index in [1.165, 1.54) is 0 Å². The van der Waals surface area contributed by atoms with E-state index < -0.39 is 9.84 Å². The van der Waals surface area contributed by atoms with Crippen LogP contribution in [0.2, 0.25) is 0 Å². The van der Waals surface area contributed by atoms with E-state index in [-0.39, 0.29) is 29.7 Å². The Labute approximate surface area is 146 Å². The van der Waals surface area contributed by atoms with E-state index in [0.29, 0.717) is 36.3 Å². The van der Waals surface area contributed by atoms with Gasteiger partial charge in [0.2, 0.25) is 0 Å². The smallest absolute Gasteiger partial charge is 0.252 e. The standard InChI is InChI=1S/C17H22N2O5S/c1-24-15-2-3-16-12(9-15)8-13(17(21)18-16)10-19(5-6-20)14-4-7-25(22,23)11-14/h2-3,8-9,14,20H,4-7,10-11H2,1H3,(H,18,21)/t14-/m1/s1. The van der Waals surface area contributed by atoms with Crippen molar-refractivity contribution in [3.8, 4) is 5.75 Å². The largest absolute Gasteiger partial charge is 0.497 e. The van der Waals surface area contributed by atoms with Crippen molar-refractivity contribution in [3.63, 3.8) is 0 Å². The number of aromatic nitrogens is 1. The molecule has 25 heavy (non-hydrogen) atoms. The van der Waals surface area contributed by atoms with Crippen LogP contribution in [0.15, 0.2) is 29.1 Å². The molecule has 0 spiro atoms. The Morgan fingerprint density at radius 1 is 1.36 bits per heavy atom. The Hall–Kier alpha value is -1.90. The Bertz CT molecular complexity index is 922. The number of benzene rings is 1. The van der Waals surface area contributed by atoms with Crippen LogP contribution in [-0.2, 0) is 16.4 Å². The van der Waals surface area contributed by atoms with Crippen molar-refractivity contribution in [1.82, 2.24) is 9.88 Å². The maximum atomic E-state index is 12.4. The minimum atomic E-state index is -3.03. The third-order valence-electron chi connectivity index (χ3n) is 4.61. The van der Waals surface area contributed by atoms with Crippen LogP contribution in [0.3, 0.4) is 0 Å². The van der Waals surface area contributed by atoms with Gasteiger partial charge in [-0.2, -0.15) is 0 Å². The van der Waals surface area contributed by atoms with E-state index in [1.807, 2.05) is 11.0 Å². The normalized spacial score (nSPS) is 19.6. The summed E-state index contributed by atoms with van der Waals surface area (Å²) in [7, 11) is -1.45. The molecule has 2 heterocycles. The second-order valence-electron chi connectivity index (χ2n) is 6.33. The molecule has 3 rings (SSSR count). The van der Waals surface area contributed by atoms with Crippen molar-refractivity contribution in [3.05, 3.63) is 40.2 Å². The number of methoxy groups -OCH3 is 1. The topological polar surface area (TPSA) is 99.7 Å². The highest BCUT2D eigenvalue weighted by Gasteiger charge is 2.32. The monoisotopic (exact) mass is 366 g/mol. The average Bonchev–Trinajstić information content (AvgIpc) is 2.94. The molecule has 1 aromatic carbocycles. The van der Waals surface area contributed by atoms with Gasteiger partial charge >= 0.3 is 0 Å². The van der Waals surface area contributed by atoms with E-state index in [0.717, 1.165) is 5.39 Å². The molecular weight excluding hydrogens is 344 g/mol. The van der Waals surface area contributed by atoms with Crippen LogP contribution < -0.4 is 10.3 Å². The quantitative estimate of drug-likeness (QED) is 0.773. The number of rotatable bonds is 6. The fourth-order valence-corrected chi connectivity index (χ4v) is 5.04. The second-order valence-corrected chi connectivity index (χ2v) is 8.56. The first-order chi connectivity index (χ1) is 11.9. The highest BCUT2D eigenvalue weighted by molar-refractivity contribution is 7.91. The van der Waals surface area contributed by atoms with E-state index in [2.05, 4.69) is 4.98 Å². The van der Waals surface area contributed by atoms with Crippen LogP contribution in [0.25, 0.3) is 10.9 Å². The lowest BCUT2D eigenvalue weighted by atomic mass is 10.1. The van der Waals surface area contributed by atoms with Gasteiger partial charge in [0.25, 0.3) is 5.56 Å². The van der Waals surface area contributed by atoms with E-state index in [1.54, 1.807) is 25.3 Å². The minimum absolute atomic E-state index is 0.0757. The molecule has 2 N–H and O–H groups in total. The Morgan fingerprint density at radius 3 is 2.80 bits per heavy atom. The molecule has 136 valence electrons. The molecule has 0 amide bonds. The van der Waals surface area contributed by atoms with Gasteiger partial charge in [-0.05, 0) is 30.7 Å². The second kappa shape index (κ2) is 7.15. The van der Waals surface area contributed by atoms with Gasteiger partial charge in [0.15, 0.2) is 9.84 Å². The van der Waals surface area contributed by atoms with Gasteiger partial charge in [0.05, 0.1) is 25.2 Å². The Balaban J connectivity index is 1.91. The number of ether oxygens (including phenoxy) is 1. The summed E-state index contributed by atoms with van der Waals surface area (Å²) < 4.78 is 28.7. The summed E-state index contributed by atoms with van der Waals surface area (Å²) in [4.78, 5) is 17.1. The van der Waals surface area contributed by atoms with Crippen molar-refractivity contribution in [2.75, 3.05) is 31.8 Å². The lowest BCUT2D eigenvalue weighted by molar-refractivity contribution is 0.153. The molecule has 2 aromatic rings. The number of aliphatic hydroxyl groups is 1. The number of sulfone groups is 1. The van der Waals surface area contributed by atoms with Crippen LogP contribution in [0.5, 0.6) is 5.75 Å². The number of aromatic amines is 1. The molecular formula is C17H22N2O5S. The van der Waals surface area contributed by atoms with E-state index in [9.17, 15) is 18.3 Å². The van der Waals surface area contributed by atoms with Crippen LogP contribution in [0.1, 0.15) is 12.0 Å². The molecule has 8 heteroatoms. The van der Waals surface area contributed by atoms with Crippen molar-refractivity contribution in [2.45, 2.75) is 19.0 Å². The van der Waals surface area contributed by atoms with Crippen LogP contribution >= 0.6 is 0 Å². The van der Waals surface area contributed by atoms with Crippen LogP contribution in [-0.4, -0.2) is 61.2 Å². The van der Waals surface area contributed by atoms with Gasteiger partial charge in [-0.25, -0.2) is 8.42 Å². The predicted octanol–water partition coefficient (Wildman–Crippen LogP) is 0.518. The van der Waals surface area contributed by atoms with Crippen molar-refractivity contribution < 1.29 is 18.3 Å². The number of nitrogens with one attached hydrogen (secondary N) is 1. The zero-order chi connectivity index (χ0) is 18.0. The fourth-order valence-electron chi connectivity index (χ4n) is 3.28. The molecule has 1 saturated heterocycles. The minimum Gasteiger partial charge on any atom is -0.497 e. The molecule has 1 atom stereocenters. The summed E-state index contributed by atoms with van der Waals surface area (Å²) in [5.41, 5.74) is 1.05. The number of H-pyrrole nitrogens is 1. The first-order valence-electron chi connectivity index (χ1n) is 8.17. The number of hydrogen-bond donors (Lipinski definition) is 2. The van der Waals surface area contributed by atoms with E-state index in [4.69, 9.17) is 4.74 Å². The molecule has 1 aliphatic heterocycles. The van der Waals surface area contributed by atoms with Gasteiger partial charge < -0.3 is 14.8 Å². The molecule has 1 fully saturated rings. The average molecular weight is 366 g/mol. The summed E-state index contributed by atoms with van der Waals surface area (Å²) in [6.07, 6.45) is 0.529. The lowest BCUT2D eigenvalue weighted by Gasteiger charge is -2.27. The van der Waals surface area contributed by atoms with Gasteiger partial charge in [-0.3, -0.25) is 9.69 Å². The summed E-state index contributed by atoms with van der Waals surface area (Å²) in [5.74, 6) is 0.927. The Kier molecular flexibility index (Phi) is 5.12. The van der Waals surface area contributed by atoms with Gasteiger partial charge in [0.1, 0.15) is 5.75 Å². The van der Waals surface area contributed by atoms with Gasteiger partial charge in [-0.15, -0.1) is 0 Å². The third-order valence-corrected chi connectivity index (χ3v) is 6.36. The fraction of sp³-hybridized carbons (Fsp3) is 0.471. The van der Waals surface area contributed by atoms with Crippen LogP contribution in [0.4, 0.5) is 0 Å². The number of fused-ring (bicyclic) bond motifs is 1. The molecule has 1 aromatic heterocycles. The SMILES string of the molecule is COc1ccc2[nH]c(=O)c(CN(CCO)[C@@H]3CCS(=O)(=O)C3)cc2c1. The summed E-state index contributed by atoms with van der Waals surface area (Å²) in [6, 6.07) is 7.03. The molecule has 1 aliphatic rings. The molecule has 0 aliphatic carbocycles.